The molecule has 0 spiro atoms. The first-order chi connectivity index (χ1) is 18.6. The van der Waals surface area contributed by atoms with E-state index in [1.165, 1.54) is 17.5 Å². The number of hydrogen-bond acceptors (Lipinski definition) is 6. The summed E-state index contributed by atoms with van der Waals surface area (Å²) in [6.07, 6.45) is 3.13. The van der Waals surface area contributed by atoms with Gasteiger partial charge in [0, 0.05) is 36.5 Å². The molecule has 0 radical (unpaired) electrons. The normalized spacial score (nSPS) is 13.0. The summed E-state index contributed by atoms with van der Waals surface area (Å²) in [6, 6.07) is 20.6. The van der Waals surface area contributed by atoms with Crippen LogP contribution >= 0.6 is 0 Å². The Hall–Kier alpha value is -4.39. The summed E-state index contributed by atoms with van der Waals surface area (Å²) in [5.74, 6) is 2.56. The minimum absolute atomic E-state index is 0.591. The van der Waals surface area contributed by atoms with Crippen molar-refractivity contribution in [3.05, 3.63) is 83.6 Å². The van der Waals surface area contributed by atoms with Gasteiger partial charge in [0.15, 0.2) is 0 Å². The lowest BCUT2D eigenvalue weighted by Gasteiger charge is -2.31. The lowest BCUT2D eigenvalue weighted by molar-refractivity contribution is 0.414. The molecule has 6 rings (SSSR count). The van der Waals surface area contributed by atoms with E-state index in [-0.39, 0.29) is 0 Å². The zero-order valence-corrected chi connectivity index (χ0v) is 22.2. The van der Waals surface area contributed by atoms with Gasteiger partial charge < -0.3 is 14.4 Å². The highest BCUT2D eigenvalue weighted by atomic mass is 16.5. The Labute approximate surface area is 222 Å². The molecular formula is C31H31N5O2. The van der Waals surface area contributed by atoms with E-state index in [2.05, 4.69) is 67.3 Å². The number of ether oxygens (including phenoxy) is 2. The van der Waals surface area contributed by atoms with Gasteiger partial charge in [-0.15, -0.1) is 0 Å². The van der Waals surface area contributed by atoms with Gasteiger partial charge in [-0.25, -0.2) is 9.97 Å². The number of hydrogen-bond donors (Lipinski definition) is 0. The predicted molar refractivity (Wildman–Crippen MR) is 151 cm³/mol. The lowest BCUT2D eigenvalue weighted by atomic mass is 9.99. The van der Waals surface area contributed by atoms with Crippen molar-refractivity contribution in [3.8, 4) is 34.0 Å². The molecule has 1 aliphatic rings. The number of anilines is 1. The van der Waals surface area contributed by atoms with Gasteiger partial charge in [0.1, 0.15) is 34.2 Å². The van der Waals surface area contributed by atoms with Crippen LogP contribution in [0.1, 0.15) is 23.1 Å². The second kappa shape index (κ2) is 9.82. The zero-order chi connectivity index (χ0) is 26.2. The number of fused-ring (bicyclic) bond motifs is 1. The number of aromatic nitrogens is 4. The molecule has 0 unspecified atom stereocenters. The molecule has 0 saturated carbocycles. The number of aryl methyl sites for hydroxylation is 1. The fourth-order valence-corrected chi connectivity index (χ4v) is 4.91. The molecule has 3 aromatic heterocycles. The topological polar surface area (TPSA) is 65.3 Å². The van der Waals surface area contributed by atoms with Gasteiger partial charge in [0.25, 0.3) is 0 Å². The number of rotatable bonds is 7. The van der Waals surface area contributed by atoms with Crippen LogP contribution in [-0.2, 0) is 6.54 Å². The van der Waals surface area contributed by atoms with Crippen molar-refractivity contribution in [3.63, 3.8) is 0 Å². The van der Waals surface area contributed by atoms with Crippen LogP contribution in [0.4, 0.5) is 5.82 Å². The summed E-state index contributed by atoms with van der Waals surface area (Å²) < 4.78 is 13.2. The van der Waals surface area contributed by atoms with E-state index >= 15 is 0 Å². The van der Waals surface area contributed by atoms with Crippen molar-refractivity contribution in [2.24, 2.45) is 0 Å². The maximum absolute atomic E-state index is 5.88. The van der Waals surface area contributed by atoms with E-state index in [1.807, 2.05) is 23.0 Å². The Balaban J connectivity index is 1.52. The van der Waals surface area contributed by atoms with Gasteiger partial charge in [0.05, 0.1) is 26.3 Å². The zero-order valence-electron chi connectivity index (χ0n) is 22.2. The van der Waals surface area contributed by atoms with E-state index in [0.717, 1.165) is 69.5 Å². The first-order valence-electron chi connectivity index (χ1n) is 12.9. The first-order valence-corrected chi connectivity index (χ1v) is 12.9. The van der Waals surface area contributed by atoms with Crippen molar-refractivity contribution in [1.29, 1.82) is 0 Å². The average Bonchev–Trinajstić information content (AvgIpc) is 3.26. The molecule has 0 amide bonds. The van der Waals surface area contributed by atoms with E-state index in [9.17, 15) is 0 Å². The molecule has 0 aliphatic carbocycles. The Kier molecular flexibility index (Phi) is 6.19. The Morgan fingerprint density at radius 1 is 0.895 bits per heavy atom. The lowest BCUT2D eigenvalue weighted by Crippen LogP contribution is -2.37. The maximum atomic E-state index is 5.88. The van der Waals surface area contributed by atoms with Gasteiger partial charge in [0.2, 0.25) is 0 Å². The van der Waals surface area contributed by atoms with Crippen LogP contribution in [0.25, 0.3) is 33.5 Å². The molecular weight excluding hydrogens is 474 g/mol. The number of methoxy groups -OCH3 is 2. The van der Waals surface area contributed by atoms with Gasteiger partial charge in [-0.1, -0.05) is 30.3 Å². The molecule has 2 aromatic carbocycles. The van der Waals surface area contributed by atoms with Crippen LogP contribution in [0.3, 0.4) is 0 Å². The summed E-state index contributed by atoms with van der Waals surface area (Å²) >= 11 is 0. The highest BCUT2D eigenvalue weighted by Gasteiger charge is 2.21. The highest BCUT2D eigenvalue weighted by Crippen LogP contribution is 2.37. The van der Waals surface area contributed by atoms with Crippen LogP contribution in [0.2, 0.25) is 0 Å². The summed E-state index contributed by atoms with van der Waals surface area (Å²) in [5, 5.41) is 5.07. The average molecular weight is 506 g/mol. The Morgan fingerprint density at radius 3 is 2.37 bits per heavy atom. The van der Waals surface area contributed by atoms with Crippen molar-refractivity contribution in [1.82, 2.24) is 19.7 Å². The third-order valence-electron chi connectivity index (χ3n) is 7.46. The Bertz CT molecular complexity index is 1600. The number of pyridine rings is 2. The van der Waals surface area contributed by atoms with Crippen LogP contribution in [0.5, 0.6) is 11.5 Å². The van der Waals surface area contributed by atoms with Crippen LogP contribution in [-0.4, -0.2) is 47.1 Å². The molecule has 7 heteroatoms. The standard InChI is InChI=1S/C31H31N5O2/c1-20-7-5-8-25(21(20)2)30-27(38-4)17-26-31(33-30)29(23-11-14-28(32-18-23)35-15-6-16-35)34-36(26)19-22-9-12-24(37-3)13-10-22/h5,7-14,17-18H,6,15-16,19H2,1-4H3. The predicted octanol–water partition coefficient (Wildman–Crippen LogP) is 6.05. The fraction of sp³-hybridized carbons (Fsp3) is 0.258. The van der Waals surface area contributed by atoms with E-state index in [4.69, 9.17) is 24.5 Å². The van der Waals surface area contributed by atoms with Crippen molar-refractivity contribution >= 4 is 16.9 Å². The summed E-state index contributed by atoms with van der Waals surface area (Å²) in [5.41, 5.74) is 8.88. The molecule has 5 aromatic rings. The summed E-state index contributed by atoms with van der Waals surface area (Å²) in [7, 11) is 3.37. The minimum Gasteiger partial charge on any atom is -0.497 e. The number of nitrogens with zero attached hydrogens (tertiary/aromatic N) is 5. The maximum Gasteiger partial charge on any atom is 0.147 e. The van der Waals surface area contributed by atoms with Crippen molar-refractivity contribution in [2.45, 2.75) is 26.8 Å². The molecule has 0 atom stereocenters. The molecule has 7 nitrogen and oxygen atoms in total. The van der Waals surface area contributed by atoms with Gasteiger partial charge in [-0.2, -0.15) is 5.10 Å². The van der Waals surface area contributed by atoms with E-state index in [1.54, 1.807) is 14.2 Å². The first kappa shape index (κ1) is 24.0. The third-order valence-corrected chi connectivity index (χ3v) is 7.46. The van der Waals surface area contributed by atoms with Gasteiger partial charge in [-0.3, -0.25) is 4.68 Å². The smallest absolute Gasteiger partial charge is 0.147 e. The van der Waals surface area contributed by atoms with Crippen LogP contribution in [0.15, 0.2) is 66.9 Å². The largest absolute Gasteiger partial charge is 0.497 e. The van der Waals surface area contributed by atoms with Crippen molar-refractivity contribution < 1.29 is 9.47 Å². The second-order valence-corrected chi connectivity index (χ2v) is 9.75. The van der Waals surface area contributed by atoms with E-state index < -0.39 is 0 Å². The van der Waals surface area contributed by atoms with Gasteiger partial charge in [-0.05, 0) is 61.2 Å². The monoisotopic (exact) mass is 505 g/mol. The highest BCUT2D eigenvalue weighted by molar-refractivity contribution is 5.93. The van der Waals surface area contributed by atoms with Crippen LogP contribution < -0.4 is 14.4 Å². The Morgan fingerprint density at radius 2 is 1.71 bits per heavy atom. The summed E-state index contributed by atoms with van der Waals surface area (Å²) in [4.78, 5) is 12.2. The SMILES string of the molecule is COc1ccc(Cn2nc(-c3ccc(N4CCC4)nc3)c3nc(-c4cccc(C)c4C)c(OC)cc32)cc1. The fourth-order valence-electron chi connectivity index (χ4n) is 4.91. The minimum atomic E-state index is 0.591. The van der Waals surface area contributed by atoms with Crippen LogP contribution in [0, 0.1) is 13.8 Å². The molecule has 1 fully saturated rings. The molecule has 1 aliphatic heterocycles. The summed E-state index contributed by atoms with van der Waals surface area (Å²) in [6.45, 7) is 6.96. The molecule has 0 bridgehead atoms. The van der Waals surface area contributed by atoms with E-state index in [0.29, 0.717) is 6.54 Å². The molecule has 192 valence electrons. The molecule has 4 heterocycles. The van der Waals surface area contributed by atoms with Crippen molar-refractivity contribution in [2.75, 3.05) is 32.2 Å². The number of benzene rings is 2. The van der Waals surface area contributed by atoms with Gasteiger partial charge >= 0.3 is 0 Å². The second-order valence-electron chi connectivity index (χ2n) is 9.75. The molecule has 1 saturated heterocycles. The molecule has 38 heavy (non-hydrogen) atoms. The third kappa shape index (κ3) is 4.24. The molecule has 0 N–H and O–H groups in total. The quantitative estimate of drug-likeness (QED) is 0.268.